The third-order valence-corrected chi connectivity index (χ3v) is 4.35. The molecular weight excluding hydrogens is 332 g/mol. The van der Waals surface area contributed by atoms with Gasteiger partial charge in [-0.15, -0.1) is 0 Å². The van der Waals surface area contributed by atoms with Crippen LogP contribution in [0.3, 0.4) is 0 Å². The molecule has 1 saturated heterocycles. The Kier molecular flexibility index (Phi) is 5.82. The first kappa shape index (κ1) is 16.0. The maximum absolute atomic E-state index is 12.2. The van der Waals surface area contributed by atoms with E-state index in [1.807, 2.05) is 29.2 Å². The average Bonchev–Trinajstić information content (AvgIpc) is 2.52. The van der Waals surface area contributed by atoms with Gasteiger partial charge in [0, 0.05) is 32.3 Å². The number of carbonyl (C=O) groups excluding carboxylic acids is 1. The molecule has 0 aliphatic carbocycles. The van der Waals surface area contributed by atoms with E-state index < -0.39 is 0 Å². The summed E-state index contributed by atoms with van der Waals surface area (Å²) in [6, 6.07) is 5.76. The second-order valence-electron chi connectivity index (χ2n) is 4.99. The lowest BCUT2D eigenvalue weighted by Crippen LogP contribution is -2.48. The zero-order chi connectivity index (χ0) is 15.2. The Bertz CT molecular complexity index is 523. The summed E-state index contributed by atoms with van der Waals surface area (Å²) in [7, 11) is 1.63. The van der Waals surface area contributed by atoms with Crippen molar-refractivity contribution >= 4 is 27.9 Å². The number of methoxy groups -OCH3 is 1. The fraction of sp³-hybridized carbons (Fsp3) is 0.438. The fourth-order valence-corrected chi connectivity index (χ4v) is 2.90. The summed E-state index contributed by atoms with van der Waals surface area (Å²) >= 11 is 3.45. The largest absolute Gasteiger partial charge is 0.496 e. The molecule has 21 heavy (non-hydrogen) atoms. The van der Waals surface area contributed by atoms with Gasteiger partial charge in [0.2, 0.25) is 5.91 Å². The van der Waals surface area contributed by atoms with Crippen molar-refractivity contribution in [2.75, 3.05) is 39.8 Å². The molecule has 1 fully saturated rings. The molecule has 1 aromatic carbocycles. The van der Waals surface area contributed by atoms with Crippen LogP contribution in [0.4, 0.5) is 0 Å². The summed E-state index contributed by atoms with van der Waals surface area (Å²) in [5, 5.41) is 0. The van der Waals surface area contributed by atoms with Crippen molar-refractivity contribution in [1.82, 2.24) is 9.80 Å². The highest BCUT2D eigenvalue weighted by atomic mass is 79.9. The molecule has 5 heteroatoms. The third-order valence-electron chi connectivity index (χ3n) is 3.73. The van der Waals surface area contributed by atoms with Gasteiger partial charge in [-0.1, -0.05) is 13.0 Å². The predicted molar refractivity (Wildman–Crippen MR) is 88.4 cm³/mol. The Hall–Kier alpha value is -1.33. The number of ether oxygens (including phenoxy) is 1. The van der Waals surface area contributed by atoms with E-state index in [9.17, 15) is 4.79 Å². The van der Waals surface area contributed by atoms with Crippen LogP contribution in [0.15, 0.2) is 28.7 Å². The summed E-state index contributed by atoms with van der Waals surface area (Å²) < 4.78 is 6.08. The highest BCUT2D eigenvalue weighted by Crippen LogP contribution is 2.25. The first-order chi connectivity index (χ1) is 10.1. The summed E-state index contributed by atoms with van der Waals surface area (Å²) in [6.45, 7) is 6.75. The molecule has 1 aliphatic heterocycles. The zero-order valence-corrected chi connectivity index (χ0v) is 14.1. The van der Waals surface area contributed by atoms with E-state index in [4.69, 9.17) is 4.74 Å². The van der Waals surface area contributed by atoms with E-state index in [0.717, 1.165) is 48.5 Å². The van der Waals surface area contributed by atoms with Gasteiger partial charge in [-0.2, -0.15) is 0 Å². The second-order valence-corrected chi connectivity index (χ2v) is 5.84. The molecule has 1 heterocycles. The van der Waals surface area contributed by atoms with Crippen LogP contribution in [0, 0.1) is 0 Å². The van der Waals surface area contributed by atoms with Crippen LogP contribution in [-0.2, 0) is 4.79 Å². The van der Waals surface area contributed by atoms with Gasteiger partial charge in [-0.25, -0.2) is 0 Å². The third kappa shape index (κ3) is 4.32. The highest BCUT2D eigenvalue weighted by molar-refractivity contribution is 9.10. The molecule has 0 saturated carbocycles. The number of carbonyl (C=O) groups is 1. The van der Waals surface area contributed by atoms with Gasteiger partial charge in [0.1, 0.15) is 5.75 Å². The van der Waals surface area contributed by atoms with Crippen LogP contribution >= 0.6 is 15.9 Å². The van der Waals surface area contributed by atoms with Gasteiger partial charge in [0.05, 0.1) is 11.6 Å². The predicted octanol–water partition coefficient (Wildman–Crippen LogP) is 2.64. The first-order valence-electron chi connectivity index (χ1n) is 7.17. The molecule has 1 aromatic rings. The molecular formula is C16H21BrN2O2. The maximum atomic E-state index is 12.2. The van der Waals surface area contributed by atoms with E-state index in [1.54, 1.807) is 13.2 Å². The second kappa shape index (κ2) is 7.61. The highest BCUT2D eigenvalue weighted by Gasteiger charge is 2.18. The Morgan fingerprint density at radius 3 is 2.62 bits per heavy atom. The number of amides is 1. The number of hydrogen-bond donors (Lipinski definition) is 0. The van der Waals surface area contributed by atoms with Gasteiger partial charge in [0.15, 0.2) is 0 Å². The lowest BCUT2D eigenvalue weighted by atomic mass is 10.2. The normalized spacial score (nSPS) is 16.4. The van der Waals surface area contributed by atoms with Gasteiger partial charge in [-0.3, -0.25) is 4.79 Å². The Morgan fingerprint density at radius 2 is 2.05 bits per heavy atom. The van der Waals surface area contributed by atoms with Crippen LogP contribution in [0.25, 0.3) is 6.08 Å². The minimum absolute atomic E-state index is 0.0812. The SMILES string of the molecule is CCN1CCN(C(=O)/C=C/c2ccc(OC)c(Br)c2)CC1. The van der Waals surface area contributed by atoms with Crippen molar-refractivity contribution in [2.45, 2.75) is 6.92 Å². The van der Waals surface area contributed by atoms with Crippen LogP contribution < -0.4 is 4.74 Å². The summed E-state index contributed by atoms with van der Waals surface area (Å²) in [4.78, 5) is 16.4. The molecule has 0 aromatic heterocycles. The lowest BCUT2D eigenvalue weighted by Gasteiger charge is -2.33. The minimum atomic E-state index is 0.0812. The van der Waals surface area contributed by atoms with Crippen LogP contribution in [0.2, 0.25) is 0 Å². The van der Waals surface area contributed by atoms with Crippen LogP contribution in [0.1, 0.15) is 12.5 Å². The maximum Gasteiger partial charge on any atom is 0.246 e. The monoisotopic (exact) mass is 352 g/mol. The number of hydrogen-bond acceptors (Lipinski definition) is 3. The molecule has 0 unspecified atom stereocenters. The van der Waals surface area contributed by atoms with Crippen molar-refractivity contribution in [3.8, 4) is 5.75 Å². The van der Waals surface area contributed by atoms with E-state index in [2.05, 4.69) is 27.8 Å². The first-order valence-corrected chi connectivity index (χ1v) is 7.96. The van der Waals surface area contributed by atoms with E-state index >= 15 is 0 Å². The van der Waals surface area contributed by atoms with Gasteiger partial charge in [-0.05, 0) is 46.2 Å². The van der Waals surface area contributed by atoms with Crippen molar-refractivity contribution < 1.29 is 9.53 Å². The molecule has 1 amide bonds. The number of halogens is 1. The fourth-order valence-electron chi connectivity index (χ4n) is 2.34. The minimum Gasteiger partial charge on any atom is -0.496 e. The smallest absolute Gasteiger partial charge is 0.246 e. The topological polar surface area (TPSA) is 32.8 Å². The summed E-state index contributed by atoms with van der Waals surface area (Å²) in [6.07, 6.45) is 3.49. The molecule has 0 radical (unpaired) electrons. The average molecular weight is 353 g/mol. The van der Waals surface area contributed by atoms with E-state index in [-0.39, 0.29) is 5.91 Å². The van der Waals surface area contributed by atoms with Crippen LogP contribution in [-0.4, -0.2) is 55.5 Å². The van der Waals surface area contributed by atoms with E-state index in [1.165, 1.54) is 0 Å². The standard InChI is InChI=1S/C16H21BrN2O2/c1-3-18-8-10-19(11-9-18)16(20)7-5-13-4-6-15(21-2)14(17)12-13/h4-7,12H,3,8-11H2,1-2H3/b7-5+. The Morgan fingerprint density at radius 1 is 1.33 bits per heavy atom. The molecule has 1 aliphatic rings. The molecule has 2 rings (SSSR count). The molecule has 0 bridgehead atoms. The van der Waals surface area contributed by atoms with Crippen molar-refractivity contribution in [1.29, 1.82) is 0 Å². The molecule has 114 valence electrons. The molecule has 0 N–H and O–H groups in total. The van der Waals surface area contributed by atoms with Gasteiger partial charge >= 0.3 is 0 Å². The Balaban J connectivity index is 1.94. The zero-order valence-electron chi connectivity index (χ0n) is 12.5. The van der Waals surface area contributed by atoms with Gasteiger partial charge < -0.3 is 14.5 Å². The number of piperazine rings is 1. The quantitative estimate of drug-likeness (QED) is 0.781. The number of likely N-dealkylation sites (N-methyl/N-ethyl adjacent to an activating group) is 1. The number of rotatable bonds is 4. The van der Waals surface area contributed by atoms with E-state index in [0.29, 0.717) is 0 Å². The molecule has 0 atom stereocenters. The number of nitrogens with zero attached hydrogens (tertiary/aromatic N) is 2. The lowest BCUT2D eigenvalue weighted by molar-refractivity contribution is -0.127. The van der Waals surface area contributed by atoms with Crippen molar-refractivity contribution in [2.24, 2.45) is 0 Å². The number of benzene rings is 1. The Labute approximate surface area is 134 Å². The molecule has 4 nitrogen and oxygen atoms in total. The van der Waals surface area contributed by atoms with Crippen molar-refractivity contribution in [3.63, 3.8) is 0 Å². The van der Waals surface area contributed by atoms with Gasteiger partial charge in [0.25, 0.3) is 0 Å². The van der Waals surface area contributed by atoms with Crippen molar-refractivity contribution in [3.05, 3.63) is 34.3 Å². The summed E-state index contributed by atoms with van der Waals surface area (Å²) in [5.41, 5.74) is 0.975. The van der Waals surface area contributed by atoms with Crippen LogP contribution in [0.5, 0.6) is 5.75 Å². The molecule has 0 spiro atoms. The summed E-state index contributed by atoms with van der Waals surface area (Å²) in [5.74, 6) is 0.867.